The number of hydrogen-bond acceptors (Lipinski definition) is 5. The first-order valence-corrected chi connectivity index (χ1v) is 9.50. The first kappa shape index (κ1) is 20.5. The van der Waals surface area contributed by atoms with Crippen molar-refractivity contribution in [1.29, 1.82) is 0 Å². The average Bonchev–Trinajstić information content (AvgIpc) is 3.15. The maximum atomic E-state index is 11.6. The number of hydrogen-bond donors (Lipinski definition) is 4. The van der Waals surface area contributed by atoms with E-state index in [1.54, 1.807) is 37.3 Å². The van der Waals surface area contributed by atoms with Crippen molar-refractivity contribution < 1.29 is 15.0 Å². The molecule has 0 radical (unpaired) electrons. The normalized spacial score (nSPS) is 10.2. The Bertz CT molecular complexity index is 880. The van der Waals surface area contributed by atoms with Crippen LogP contribution in [0.4, 0.5) is 5.69 Å². The molecule has 7 heteroatoms. The van der Waals surface area contributed by atoms with Crippen molar-refractivity contribution >= 4 is 34.1 Å². The number of carbonyl (C=O) groups is 1. The molecule has 4 N–H and O–H groups in total. The van der Waals surface area contributed by atoms with Crippen LogP contribution in [-0.2, 0) is 4.79 Å². The fraction of sp³-hybridized carbons (Fsp3) is 0.250. The van der Waals surface area contributed by atoms with Gasteiger partial charge in [0.1, 0.15) is 5.75 Å². The van der Waals surface area contributed by atoms with Gasteiger partial charge in [0.05, 0.1) is 4.90 Å². The lowest BCUT2D eigenvalue weighted by Gasteiger charge is -2.13. The zero-order valence-electron chi connectivity index (χ0n) is 15.7. The Hall–Kier alpha value is -2.80. The third-order valence-corrected chi connectivity index (χ3v) is 4.93. The summed E-state index contributed by atoms with van der Waals surface area (Å²) < 4.78 is 0. The summed E-state index contributed by atoms with van der Waals surface area (Å²) in [7, 11) is 5.36. The molecule has 0 atom stereocenters. The van der Waals surface area contributed by atoms with Crippen LogP contribution in [0.5, 0.6) is 11.6 Å². The first-order valence-electron chi connectivity index (χ1n) is 8.51. The molecule has 2 aromatic carbocycles. The minimum atomic E-state index is 0.0941. The minimum Gasteiger partial charge on any atom is -0.506 e. The Morgan fingerprint density at radius 2 is 1.85 bits per heavy atom. The topological polar surface area (TPSA) is 88.6 Å². The van der Waals surface area contributed by atoms with Gasteiger partial charge in [-0.25, -0.2) is 0 Å². The molecule has 27 heavy (non-hydrogen) atoms. The van der Waals surface area contributed by atoms with Gasteiger partial charge in [-0.3, -0.25) is 4.79 Å². The molecule has 1 heterocycles. The van der Waals surface area contributed by atoms with Gasteiger partial charge in [0.2, 0.25) is 5.91 Å². The average molecular weight is 388 g/mol. The van der Waals surface area contributed by atoms with E-state index in [2.05, 4.69) is 10.3 Å². The summed E-state index contributed by atoms with van der Waals surface area (Å²) in [6.45, 7) is 0. The number of H-pyrrole nitrogens is 1. The number of phenolic OH excluding ortho intramolecular Hbond substituents is 1. The molecule has 6 nitrogen and oxygen atoms in total. The summed E-state index contributed by atoms with van der Waals surface area (Å²) >= 11 is 1.50. The number of phenols is 1. The Morgan fingerprint density at radius 1 is 1.15 bits per heavy atom. The van der Waals surface area contributed by atoms with Crippen LogP contribution in [0.1, 0.15) is 6.42 Å². The van der Waals surface area contributed by atoms with E-state index in [0.29, 0.717) is 12.2 Å². The van der Waals surface area contributed by atoms with Crippen molar-refractivity contribution in [3.63, 3.8) is 0 Å². The fourth-order valence-electron chi connectivity index (χ4n) is 2.44. The Kier molecular flexibility index (Phi) is 7.43. The highest BCUT2D eigenvalue weighted by molar-refractivity contribution is 7.99. The summed E-state index contributed by atoms with van der Waals surface area (Å²) in [5.74, 6) is 1.24. The Balaban J connectivity index is 0.000000369. The van der Waals surface area contributed by atoms with E-state index in [1.807, 2.05) is 37.4 Å². The number of aromatic amines is 1. The smallest absolute Gasteiger partial charge is 0.222 e. The maximum absolute atomic E-state index is 11.6. The molecule has 0 unspecified atom stereocenters. The molecule has 1 aromatic heterocycles. The summed E-state index contributed by atoms with van der Waals surface area (Å²) in [4.78, 5) is 16.5. The number of rotatable bonds is 5. The second-order valence-corrected chi connectivity index (χ2v) is 7.15. The second-order valence-electron chi connectivity index (χ2n) is 6.01. The molecule has 0 saturated heterocycles. The summed E-state index contributed by atoms with van der Waals surface area (Å²) in [6.07, 6.45) is 2.12. The molecule has 0 spiro atoms. The Labute approximate surface area is 163 Å². The monoisotopic (exact) mass is 387 g/mol. The van der Waals surface area contributed by atoms with Gasteiger partial charge < -0.3 is 25.4 Å². The minimum absolute atomic E-state index is 0.0941. The third-order valence-electron chi connectivity index (χ3n) is 3.90. The van der Waals surface area contributed by atoms with E-state index < -0.39 is 0 Å². The molecule has 3 aromatic rings. The molecule has 0 saturated carbocycles. The molecular formula is C20H25N3O3S. The molecular weight excluding hydrogens is 362 g/mol. The first-order chi connectivity index (χ1) is 12.9. The molecule has 1 amide bonds. The van der Waals surface area contributed by atoms with E-state index >= 15 is 0 Å². The molecule has 0 aliphatic rings. The van der Waals surface area contributed by atoms with Crippen LogP contribution >= 0.6 is 11.8 Å². The number of fused-ring (bicyclic) bond motifs is 1. The molecule has 0 aliphatic heterocycles. The fourth-order valence-corrected chi connectivity index (χ4v) is 3.39. The van der Waals surface area contributed by atoms with Crippen LogP contribution in [0, 0.1) is 0 Å². The van der Waals surface area contributed by atoms with Crippen molar-refractivity contribution in [3.05, 3.63) is 48.7 Å². The lowest BCUT2D eigenvalue weighted by Crippen LogP contribution is -2.21. The number of carbonyl (C=O) groups excluding carboxylic acids is 1. The Morgan fingerprint density at radius 3 is 2.37 bits per heavy atom. The molecule has 144 valence electrons. The summed E-state index contributed by atoms with van der Waals surface area (Å²) in [5, 5.41) is 23.8. The predicted molar refractivity (Wildman–Crippen MR) is 112 cm³/mol. The van der Waals surface area contributed by atoms with Gasteiger partial charge in [-0.1, -0.05) is 24.3 Å². The van der Waals surface area contributed by atoms with Crippen molar-refractivity contribution in [3.8, 4) is 11.6 Å². The second kappa shape index (κ2) is 9.78. The van der Waals surface area contributed by atoms with Crippen molar-refractivity contribution in [2.75, 3.05) is 32.2 Å². The largest absolute Gasteiger partial charge is 0.506 e. The zero-order chi connectivity index (χ0) is 19.8. The number of anilines is 1. The van der Waals surface area contributed by atoms with Gasteiger partial charge in [0, 0.05) is 56.0 Å². The number of nitrogens with zero attached hydrogens (tertiary/aromatic N) is 1. The van der Waals surface area contributed by atoms with Crippen LogP contribution < -0.4 is 5.32 Å². The van der Waals surface area contributed by atoms with Gasteiger partial charge in [0.25, 0.3) is 0 Å². The van der Waals surface area contributed by atoms with E-state index in [4.69, 9.17) is 5.11 Å². The van der Waals surface area contributed by atoms with Crippen LogP contribution in [0.15, 0.2) is 53.6 Å². The predicted octanol–water partition coefficient (Wildman–Crippen LogP) is 3.88. The number of benzene rings is 2. The van der Waals surface area contributed by atoms with E-state index in [-0.39, 0.29) is 17.5 Å². The molecule has 0 fully saturated rings. The molecule has 3 rings (SSSR count). The highest BCUT2D eigenvalue weighted by Crippen LogP contribution is 2.39. The van der Waals surface area contributed by atoms with Gasteiger partial charge in [-0.2, -0.15) is 0 Å². The van der Waals surface area contributed by atoms with Crippen molar-refractivity contribution in [2.45, 2.75) is 11.3 Å². The third kappa shape index (κ3) is 5.59. The van der Waals surface area contributed by atoms with Crippen molar-refractivity contribution in [1.82, 2.24) is 9.88 Å². The lowest BCUT2D eigenvalue weighted by molar-refractivity contribution is -0.128. The summed E-state index contributed by atoms with van der Waals surface area (Å²) in [5.41, 5.74) is 0.977. The van der Waals surface area contributed by atoms with E-state index in [9.17, 15) is 9.90 Å². The lowest BCUT2D eigenvalue weighted by atomic mass is 10.1. The van der Waals surface area contributed by atoms with Crippen molar-refractivity contribution in [2.24, 2.45) is 0 Å². The van der Waals surface area contributed by atoms with Crippen LogP contribution in [-0.4, -0.2) is 52.9 Å². The van der Waals surface area contributed by atoms with Crippen LogP contribution in [0.3, 0.4) is 0 Å². The number of nitrogens with one attached hydrogen (secondary N) is 2. The highest BCUT2D eigenvalue weighted by Gasteiger charge is 2.12. The summed E-state index contributed by atoms with van der Waals surface area (Å²) in [6, 6.07) is 13.0. The van der Waals surface area contributed by atoms with E-state index in [0.717, 1.165) is 21.4 Å². The van der Waals surface area contributed by atoms with Crippen LogP contribution in [0.25, 0.3) is 10.8 Å². The number of thioether (sulfide) groups is 1. The highest BCUT2D eigenvalue weighted by atomic mass is 32.2. The van der Waals surface area contributed by atoms with E-state index in [1.165, 1.54) is 11.8 Å². The molecule has 0 bridgehead atoms. The quantitative estimate of drug-likeness (QED) is 0.394. The van der Waals surface area contributed by atoms with Gasteiger partial charge >= 0.3 is 0 Å². The standard InChI is InChI=1S/C16H20N2O2S.C4H5NO/c1-17-13-10-14(21-9-8-15(19)18(2)3)16(20)12-7-5-4-6-11(12)13;6-4-2-1-3-5-4/h4-7,10,17,20H,8-9H2,1-3H3;1-3,5-6H. The number of amides is 1. The zero-order valence-corrected chi connectivity index (χ0v) is 16.5. The van der Waals surface area contributed by atoms with Gasteiger partial charge in [-0.15, -0.1) is 11.8 Å². The maximum Gasteiger partial charge on any atom is 0.222 e. The SMILES string of the molecule is CNc1cc(SCCC(=O)N(C)C)c(O)c2ccccc12.Oc1ccc[nH]1. The number of aromatic nitrogens is 1. The van der Waals surface area contributed by atoms with Crippen LogP contribution in [0.2, 0.25) is 0 Å². The van der Waals surface area contributed by atoms with Gasteiger partial charge in [0.15, 0.2) is 5.88 Å². The number of aromatic hydroxyl groups is 2. The molecule has 0 aliphatic carbocycles. The van der Waals surface area contributed by atoms with Gasteiger partial charge in [-0.05, 0) is 18.2 Å².